The van der Waals surface area contributed by atoms with E-state index >= 15 is 0 Å². The van der Waals surface area contributed by atoms with Crippen molar-refractivity contribution < 1.29 is 18.4 Å². The van der Waals surface area contributed by atoms with Crippen molar-refractivity contribution in [2.75, 3.05) is 33.7 Å². The lowest BCUT2D eigenvalue weighted by Gasteiger charge is -2.30. The molecule has 0 unspecified atom stereocenters. The summed E-state index contributed by atoms with van der Waals surface area (Å²) in [6.07, 6.45) is 3.32. The first-order valence-electron chi connectivity index (χ1n) is 9.91. The molecule has 8 heteroatoms. The van der Waals surface area contributed by atoms with Crippen LogP contribution in [0.5, 0.6) is 0 Å². The van der Waals surface area contributed by atoms with Crippen molar-refractivity contribution in [2.24, 2.45) is 0 Å². The average molecular weight is 479 g/mol. The van der Waals surface area contributed by atoms with Crippen molar-refractivity contribution in [3.8, 4) is 0 Å². The van der Waals surface area contributed by atoms with E-state index < -0.39 is 11.6 Å². The van der Waals surface area contributed by atoms with Gasteiger partial charge in [-0.15, -0.1) is 0 Å². The lowest BCUT2D eigenvalue weighted by atomic mass is 9.94. The number of amides is 1. The van der Waals surface area contributed by atoms with E-state index in [-0.39, 0.29) is 41.2 Å². The topological polar surface area (TPSA) is 40.6 Å². The van der Waals surface area contributed by atoms with E-state index in [9.17, 15) is 18.4 Å². The van der Waals surface area contributed by atoms with Crippen LogP contribution in [0, 0.1) is 11.6 Å². The minimum absolute atomic E-state index is 0.0838. The van der Waals surface area contributed by atoms with Gasteiger partial charge in [-0.2, -0.15) is 0 Å². The van der Waals surface area contributed by atoms with Crippen LogP contribution in [0.1, 0.15) is 17.5 Å². The van der Waals surface area contributed by atoms with E-state index in [2.05, 4.69) is 0 Å². The number of piperidine rings is 1. The van der Waals surface area contributed by atoms with Crippen LogP contribution >= 0.6 is 23.2 Å². The van der Waals surface area contributed by atoms with Gasteiger partial charge in [0.15, 0.2) is 5.78 Å². The Morgan fingerprint density at radius 3 is 1.81 bits per heavy atom. The molecule has 1 heterocycles. The highest BCUT2D eigenvalue weighted by Gasteiger charge is 2.29. The predicted octanol–water partition coefficient (Wildman–Crippen LogP) is 5.10. The number of Topliss-reactive ketones (excluding diaryl/α,β-unsaturated/α-hetero) is 1. The van der Waals surface area contributed by atoms with Gasteiger partial charge in [-0.1, -0.05) is 23.2 Å². The molecule has 0 radical (unpaired) electrons. The Hall–Kier alpha value is -2.54. The number of hydrogen-bond acceptors (Lipinski definition) is 3. The number of carbonyl (C=O) groups is 2. The minimum Gasteiger partial charge on any atom is -0.334 e. The van der Waals surface area contributed by atoms with E-state index in [1.807, 2.05) is 19.0 Å². The standard InChI is InChI=1S/C24H22Cl2F2N2O2/c1-29(2)4-3-23(31)30-13-17(5-15-7-19(25)11-21(27)9-15)24(32)18(14-30)6-16-8-20(26)12-22(28)10-16/h5-12H,3-4,13-14H2,1-2H3/b17-5+,18-6+. The SMILES string of the molecule is CN(C)CCC(=O)N1C/C(=C\c2cc(F)cc(Cl)c2)C(=O)/C(=C/c2cc(F)cc(Cl)c2)C1. The second-order valence-electron chi connectivity index (χ2n) is 7.88. The van der Waals surface area contributed by atoms with Gasteiger partial charge >= 0.3 is 0 Å². The number of hydrogen-bond donors (Lipinski definition) is 0. The van der Waals surface area contributed by atoms with Gasteiger partial charge in [0.25, 0.3) is 0 Å². The first-order valence-corrected chi connectivity index (χ1v) is 10.7. The van der Waals surface area contributed by atoms with Crippen LogP contribution in [0.4, 0.5) is 8.78 Å². The van der Waals surface area contributed by atoms with Crippen LogP contribution in [0.2, 0.25) is 10.0 Å². The minimum atomic E-state index is -0.531. The Morgan fingerprint density at radius 1 is 0.938 bits per heavy atom. The third kappa shape index (κ3) is 6.48. The van der Waals surface area contributed by atoms with Gasteiger partial charge < -0.3 is 9.80 Å². The van der Waals surface area contributed by atoms with Crippen LogP contribution in [0.25, 0.3) is 12.2 Å². The van der Waals surface area contributed by atoms with Gasteiger partial charge in [-0.3, -0.25) is 9.59 Å². The van der Waals surface area contributed by atoms with Crippen molar-refractivity contribution >= 4 is 47.0 Å². The third-order valence-electron chi connectivity index (χ3n) is 4.88. The monoisotopic (exact) mass is 478 g/mol. The molecule has 2 aromatic rings. The number of benzene rings is 2. The normalized spacial score (nSPS) is 17.0. The molecule has 32 heavy (non-hydrogen) atoms. The summed E-state index contributed by atoms with van der Waals surface area (Å²) in [5.41, 5.74) is 1.44. The second kappa shape index (κ2) is 10.4. The molecule has 0 spiro atoms. The molecule has 1 fully saturated rings. The molecular weight excluding hydrogens is 457 g/mol. The molecule has 0 N–H and O–H groups in total. The van der Waals surface area contributed by atoms with Gasteiger partial charge in [0.2, 0.25) is 5.91 Å². The number of rotatable bonds is 5. The summed E-state index contributed by atoms with van der Waals surface area (Å²) in [5.74, 6) is -1.49. The maximum atomic E-state index is 13.8. The zero-order chi connectivity index (χ0) is 23.4. The molecular formula is C24H22Cl2F2N2O2. The van der Waals surface area contributed by atoms with Gasteiger partial charge in [-0.25, -0.2) is 8.78 Å². The van der Waals surface area contributed by atoms with E-state index in [1.54, 1.807) is 4.90 Å². The molecule has 0 aliphatic carbocycles. The number of carbonyl (C=O) groups excluding carboxylic acids is 2. The highest BCUT2D eigenvalue weighted by atomic mass is 35.5. The molecule has 168 valence electrons. The van der Waals surface area contributed by atoms with Gasteiger partial charge in [0, 0.05) is 47.2 Å². The Bertz CT molecular complexity index is 999. The summed E-state index contributed by atoms with van der Waals surface area (Å²) >= 11 is 11.9. The fraction of sp³-hybridized carbons (Fsp3) is 0.250. The first kappa shape index (κ1) is 24.1. The number of ketones is 1. The van der Waals surface area contributed by atoms with Gasteiger partial charge in [0.1, 0.15) is 11.6 Å². The molecule has 1 saturated heterocycles. The predicted molar refractivity (Wildman–Crippen MR) is 124 cm³/mol. The van der Waals surface area contributed by atoms with E-state index in [4.69, 9.17) is 23.2 Å². The van der Waals surface area contributed by atoms with Crippen LogP contribution in [0.15, 0.2) is 47.5 Å². The number of nitrogens with zero attached hydrogens (tertiary/aromatic N) is 2. The molecule has 0 aromatic heterocycles. The molecule has 0 bridgehead atoms. The third-order valence-corrected chi connectivity index (χ3v) is 5.32. The number of likely N-dealkylation sites (tertiary alicyclic amines) is 1. The molecule has 0 atom stereocenters. The summed E-state index contributed by atoms with van der Waals surface area (Å²) < 4.78 is 27.5. The lowest BCUT2D eigenvalue weighted by molar-refractivity contribution is -0.131. The van der Waals surface area contributed by atoms with Crippen LogP contribution < -0.4 is 0 Å². The van der Waals surface area contributed by atoms with Crippen molar-refractivity contribution in [1.29, 1.82) is 0 Å². The average Bonchev–Trinajstić information content (AvgIpc) is 2.67. The zero-order valence-electron chi connectivity index (χ0n) is 17.7. The van der Waals surface area contributed by atoms with Crippen LogP contribution in [-0.4, -0.2) is 55.2 Å². The number of halogens is 4. The largest absolute Gasteiger partial charge is 0.334 e. The fourth-order valence-corrected chi connectivity index (χ4v) is 3.87. The van der Waals surface area contributed by atoms with Crippen molar-refractivity contribution in [3.63, 3.8) is 0 Å². The summed E-state index contributed by atoms with van der Waals surface area (Å²) in [6, 6.07) is 7.93. The molecule has 1 amide bonds. The Balaban J connectivity index is 2.00. The maximum Gasteiger partial charge on any atom is 0.224 e. The van der Waals surface area contributed by atoms with Crippen LogP contribution in [-0.2, 0) is 9.59 Å². The van der Waals surface area contributed by atoms with E-state index in [1.165, 1.54) is 48.6 Å². The Morgan fingerprint density at radius 2 is 1.41 bits per heavy atom. The molecule has 3 rings (SSSR count). The zero-order valence-corrected chi connectivity index (χ0v) is 19.2. The maximum absolute atomic E-state index is 13.8. The van der Waals surface area contributed by atoms with Gasteiger partial charge in [0.05, 0.1) is 0 Å². The molecule has 1 aliphatic rings. The molecule has 1 aliphatic heterocycles. The van der Waals surface area contributed by atoms with Crippen molar-refractivity contribution in [2.45, 2.75) is 6.42 Å². The molecule has 0 saturated carbocycles. The molecule has 4 nitrogen and oxygen atoms in total. The first-order chi connectivity index (χ1) is 15.1. The van der Waals surface area contributed by atoms with Crippen LogP contribution in [0.3, 0.4) is 0 Å². The molecule has 2 aromatic carbocycles. The fourth-order valence-electron chi connectivity index (χ4n) is 3.41. The summed E-state index contributed by atoms with van der Waals surface area (Å²) in [7, 11) is 3.73. The van der Waals surface area contributed by atoms with E-state index in [0.717, 1.165) is 0 Å². The van der Waals surface area contributed by atoms with Crippen molar-refractivity contribution in [1.82, 2.24) is 9.80 Å². The van der Waals surface area contributed by atoms with Gasteiger partial charge in [-0.05, 0) is 73.8 Å². The highest BCUT2D eigenvalue weighted by Crippen LogP contribution is 2.25. The van der Waals surface area contributed by atoms with Crippen molar-refractivity contribution in [3.05, 3.63) is 80.4 Å². The summed E-state index contributed by atoms with van der Waals surface area (Å²) in [6.45, 7) is 0.724. The van der Waals surface area contributed by atoms with E-state index in [0.29, 0.717) is 28.8 Å². The second-order valence-corrected chi connectivity index (χ2v) is 8.75. The Labute approximate surface area is 195 Å². The smallest absolute Gasteiger partial charge is 0.224 e. The Kier molecular flexibility index (Phi) is 7.82. The highest BCUT2D eigenvalue weighted by molar-refractivity contribution is 6.31. The summed E-state index contributed by atoms with van der Waals surface area (Å²) in [5, 5.41) is 0.397. The summed E-state index contributed by atoms with van der Waals surface area (Å²) in [4.78, 5) is 29.4. The quantitative estimate of drug-likeness (QED) is 0.561. The lowest BCUT2D eigenvalue weighted by Crippen LogP contribution is -2.42.